The Morgan fingerprint density at radius 1 is 1.43 bits per heavy atom. The third kappa shape index (κ3) is 3.02. The summed E-state index contributed by atoms with van der Waals surface area (Å²) in [7, 11) is -1.57. The van der Waals surface area contributed by atoms with E-state index in [0.717, 1.165) is 0 Å². The molecule has 1 atom stereocenters. The van der Waals surface area contributed by atoms with Gasteiger partial charge in [-0.3, -0.25) is 9.31 Å². The molecule has 0 saturated carbocycles. The summed E-state index contributed by atoms with van der Waals surface area (Å²) in [5, 5.41) is 14.5. The molecule has 0 aliphatic heterocycles. The van der Waals surface area contributed by atoms with Gasteiger partial charge in [0.25, 0.3) is 0 Å². The highest BCUT2D eigenvalue weighted by molar-refractivity contribution is 7.84. The van der Waals surface area contributed by atoms with Gasteiger partial charge in [0.1, 0.15) is 22.4 Å². The fourth-order valence-corrected chi connectivity index (χ4v) is 3.14. The van der Waals surface area contributed by atoms with Crippen LogP contribution in [0.15, 0.2) is 11.1 Å². The van der Waals surface area contributed by atoms with Gasteiger partial charge in [0.05, 0.1) is 32.1 Å². The summed E-state index contributed by atoms with van der Waals surface area (Å²) < 4.78 is 50.2. The molecule has 0 aliphatic carbocycles. The molecule has 0 amide bonds. The van der Waals surface area contributed by atoms with E-state index in [1.54, 1.807) is 6.07 Å². The monoisotopic (exact) mass is 382 g/mol. The van der Waals surface area contributed by atoms with Crippen molar-refractivity contribution >= 4 is 39.7 Å². The predicted molar refractivity (Wildman–Crippen MR) is 80.5 cm³/mol. The van der Waals surface area contributed by atoms with Crippen molar-refractivity contribution in [3.05, 3.63) is 27.2 Å². The number of alkyl halides is 3. The molecule has 1 unspecified atom stereocenters. The second kappa shape index (κ2) is 6.03. The van der Waals surface area contributed by atoms with Gasteiger partial charge in [-0.1, -0.05) is 23.2 Å². The minimum absolute atomic E-state index is 0.00750. The lowest BCUT2D eigenvalue weighted by atomic mass is 10.0. The SMILES string of the molecule is CS(=O)c1[nH]nc(-c2c(Cl)cc(C(F)(F)F)c(N)c2Cl)c1C#N. The van der Waals surface area contributed by atoms with Crippen molar-refractivity contribution in [2.24, 2.45) is 0 Å². The molecule has 1 aromatic carbocycles. The number of aromatic nitrogens is 2. The van der Waals surface area contributed by atoms with Crippen molar-refractivity contribution in [3.8, 4) is 17.3 Å². The zero-order valence-corrected chi connectivity index (χ0v) is 13.6. The molecule has 0 aliphatic rings. The van der Waals surface area contributed by atoms with Gasteiger partial charge in [0.15, 0.2) is 0 Å². The Hall–Kier alpha value is -1.76. The summed E-state index contributed by atoms with van der Waals surface area (Å²) in [5.74, 6) is 0. The molecule has 11 heteroatoms. The minimum atomic E-state index is -4.74. The summed E-state index contributed by atoms with van der Waals surface area (Å²) in [6.07, 6.45) is -3.43. The predicted octanol–water partition coefficient (Wildman–Crippen LogP) is 3.59. The van der Waals surface area contributed by atoms with Gasteiger partial charge in [-0.15, -0.1) is 0 Å². The summed E-state index contributed by atoms with van der Waals surface area (Å²) in [4.78, 5) is 0. The normalized spacial score (nSPS) is 12.9. The van der Waals surface area contributed by atoms with E-state index in [2.05, 4.69) is 10.2 Å². The fourth-order valence-electron chi connectivity index (χ4n) is 1.90. The molecule has 0 fully saturated rings. The summed E-state index contributed by atoms with van der Waals surface area (Å²) in [5.41, 5.74) is 3.14. The number of halogens is 5. The molecular formula is C12H7Cl2F3N4OS. The van der Waals surface area contributed by atoms with Crippen molar-refractivity contribution in [3.63, 3.8) is 0 Å². The standard InChI is InChI=1S/C12H7Cl2F3N4OS/c1-23(22)11-4(3-18)10(20-21-11)7-6(13)2-5(12(15,16)17)9(19)8(7)14/h2H,19H2,1H3,(H,20,21). The fraction of sp³-hybridized carbons (Fsp3) is 0.167. The molecule has 0 radical (unpaired) electrons. The number of hydrogen-bond acceptors (Lipinski definition) is 4. The zero-order chi connectivity index (χ0) is 17.5. The molecule has 122 valence electrons. The van der Waals surface area contributed by atoms with Gasteiger partial charge in [0, 0.05) is 11.8 Å². The molecule has 3 N–H and O–H groups in total. The third-order valence-corrected chi connectivity index (χ3v) is 4.49. The molecular weight excluding hydrogens is 376 g/mol. The van der Waals surface area contributed by atoms with Crippen molar-refractivity contribution < 1.29 is 17.4 Å². The number of nitrogens with one attached hydrogen (secondary N) is 1. The molecule has 0 bridgehead atoms. The molecule has 5 nitrogen and oxygen atoms in total. The zero-order valence-electron chi connectivity index (χ0n) is 11.3. The number of anilines is 1. The van der Waals surface area contributed by atoms with E-state index in [4.69, 9.17) is 28.9 Å². The van der Waals surface area contributed by atoms with E-state index in [1.165, 1.54) is 6.26 Å². The van der Waals surface area contributed by atoms with Gasteiger partial charge in [-0.05, 0) is 6.07 Å². The number of nitrogens with two attached hydrogens (primary N) is 1. The first-order valence-corrected chi connectivity index (χ1v) is 8.07. The maximum Gasteiger partial charge on any atom is 0.418 e. The lowest BCUT2D eigenvalue weighted by Crippen LogP contribution is -2.10. The van der Waals surface area contributed by atoms with Crippen LogP contribution >= 0.6 is 23.2 Å². The molecule has 1 aromatic heterocycles. The van der Waals surface area contributed by atoms with Crippen LogP contribution in [0.4, 0.5) is 18.9 Å². The first kappa shape index (κ1) is 17.6. The second-order valence-electron chi connectivity index (χ2n) is 4.35. The van der Waals surface area contributed by atoms with E-state index in [-0.39, 0.29) is 26.9 Å². The topological polar surface area (TPSA) is 95.6 Å². The number of nitriles is 1. The van der Waals surface area contributed by atoms with Gasteiger partial charge >= 0.3 is 6.18 Å². The number of nitrogen functional groups attached to an aromatic ring is 1. The highest BCUT2D eigenvalue weighted by atomic mass is 35.5. The number of nitrogens with zero attached hydrogens (tertiary/aromatic N) is 2. The lowest BCUT2D eigenvalue weighted by Gasteiger charge is -2.15. The Bertz CT molecular complexity index is 857. The van der Waals surface area contributed by atoms with Crippen molar-refractivity contribution in [2.45, 2.75) is 11.2 Å². The number of rotatable bonds is 2. The number of aromatic amines is 1. The largest absolute Gasteiger partial charge is 0.418 e. The smallest absolute Gasteiger partial charge is 0.397 e. The van der Waals surface area contributed by atoms with E-state index in [0.29, 0.717) is 6.07 Å². The van der Waals surface area contributed by atoms with Crippen LogP contribution in [-0.2, 0) is 17.0 Å². The average Bonchev–Trinajstić information content (AvgIpc) is 2.85. The Morgan fingerprint density at radius 2 is 2.04 bits per heavy atom. The average molecular weight is 383 g/mol. The van der Waals surface area contributed by atoms with Gasteiger partial charge < -0.3 is 5.73 Å². The number of benzene rings is 1. The number of H-pyrrole nitrogens is 1. The van der Waals surface area contributed by atoms with Crippen LogP contribution in [0.3, 0.4) is 0 Å². The van der Waals surface area contributed by atoms with Gasteiger partial charge in [-0.2, -0.15) is 23.5 Å². The van der Waals surface area contributed by atoms with Crippen molar-refractivity contribution in [1.29, 1.82) is 5.26 Å². The maximum absolute atomic E-state index is 12.9. The molecule has 0 spiro atoms. The van der Waals surface area contributed by atoms with Gasteiger partial charge in [-0.25, -0.2) is 0 Å². The second-order valence-corrected chi connectivity index (χ2v) is 6.45. The van der Waals surface area contributed by atoms with Crippen molar-refractivity contribution in [2.75, 3.05) is 12.0 Å². The van der Waals surface area contributed by atoms with Gasteiger partial charge in [0.2, 0.25) is 0 Å². The Kier molecular flexibility index (Phi) is 4.61. The molecule has 1 heterocycles. The Labute approximate surface area is 140 Å². The van der Waals surface area contributed by atoms with E-state index in [9.17, 15) is 22.6 Å². The first-order valence-electron chi connectivity index (χ1n) is 5.76. The molecule has 23 heavy (non-hydrogen) atoms. The van der Waals surface area contributed by atoms with E-state index < -0.39 is 33.2 Å². The Balaban J connectivity index is 2.80. The van der Waals surface area contributed by atoms with Crippen LogP contribution in [0.1, 0.15) is 11.1 Å². The number of hydrogen-bond donors (Lipinski definition) is 2. The highest BCUT2D eigenvalue weighted by Crippen LogP contribution is 2.45. The van der Waals surface area contributed by atoms with Crippen LogP contribution in [0.2, 0.25) is 10.0 Å². The third-order valence-electron chi connectivity index (χ3n) is 2.93. The van der Waals surface area contributed by atoms with Crippen LogP contribution in [0.25, 0.3) is 11.3 Å². The maximum atomic E-state index is 12.9. The van der Waals surface area contributed by atoms with Crippen LogP contribution in [-0.4, -0.2) is 20.7 Å². The Morgan fingerprint density at radius 3 is 2.52 bits per heavy atom. The van der Waals surface area contributed by atoms with Crippen molar-refractivity contribution in [1.82, 2.24) is 10.2 Å². The van der Waals surface area contributed by atoms with Crippen LogP contribution in [0, 0.1) is 11.3 Å². The molecule has 2 rings (SSSR count). The quantitative estimate of drug-likeness (QED) is 0.775. The van der Waals surface area contributed by atoms with E-state index >= 15 is 0 Å². The van der Waals surface area contributed by atoms with Crippen LogP contribution in [0.5, 0.6) is 0 Å². The minimum Gasteiger partial charge on any atom is -0.397 e. The molecule has 2 aromatic rings. The summed E-state index contributed by atoms with van der Waals surface area (Å²) in [6, 6.07) is 2.38. The first-order chi connectivity index (χ1) is 10.6. The van der Waals surface area contributed by atoms with E-state index in [1.807, 2.05) is 0 Å². The highest BCUT2D eigenvalue weighted by Gasteiger charge is 2.36. The lowest BCUT2D eigenvalue weighted by molar-refractivity contribution is -0.136. The molecule has 0 saturated heterocycles. The summed E-state index contributed by atoms with van der Waals surface area (Å²) >= 11 is 11.8. The van der Waals surface area contributed by atoms with Crippen LogP contribution < -0.4 is 5.73 Å². The summed E-state index contributed by atoms with van der Waals surface area (Å²) in [6.45, 7) is 0.